The highest BCUT2D eigenvalue weighted by Gasteiger charge is 2.17. The molecule has 1 N–H and O–H groups in total. The van der Waals surface area contributed by atoms with Gasteiger partial charge in [-0.2, -0.15) is 0 Å². The maximum Gasteiger partial charge on any atom is 0.223 e. The Balaban J connectivity index is 2.29. The van der Waals surface area contributed by atoms with E-state index in [9.17, 15) is 9.90 Å². The number of pyridine rings is 1. The first-order chi connectivity index (χ1) is 9.63. The standard InChI is InChI=1S/C16H26N2O2/c1-3-4-10-18-13(2)11-15(19)16(20)14(18)12-17-8-6-5-7-9-17/h11,20H,3-10,12H2,1-2H3. The van der Waals surface area contributed by atoms with Gasteiger partial charge < -0.3 is 9.67 Å². The minimum absolute atomic E-state index is 0.0581. The van der Waals surface area contributed by atoms with Crippen LogP contribution in [0, 0.1) is 6.92 Å². The fourth-order valence-corrected chi connectivity index (χ4v) is 2.94. The number of aromatic hydroxyl groups is 1. The number of aromatic nitrogens is 1. The normalized spacial score (nSPS) is 16.5. The van der Waals surface area contributed by atoms with E-state index in [1.54, 1.807) is 6.07 Å². The van der Waals surface area contributed by atoms with Crippen molar-refractivity contribution in [2.45, 2.75) is 59.0 Å². The molecule has 1 saturated heterocycles. The van der Waals surface area contributed by atoms with E-state index < -0.39 is 0 Å². The molecule has 1 aromatic heterocycles. The summed E-state index contributed by atoms with van der Waals surface area (Å²) in [5.41, 5.74) is 1.50. The minimum atomic E-state index is -0.248. The fourth-order valence-electron chi connectivity index (χ4n) is 2.94. The molecule has 2 heterocycles. The van der Waals surface area contributed by atoms with Crippen molar-refractivity contribution in [3.05, 3.63) is 27.7 Å². The number of likely N-dealkylation sites (tertiary alicyclic amines) is 1. The zero-order valence-electron chi connectivity index (χ0n) is 12.7. The van der Waals surface area contributed by atoms with Crippen LogP contribution in [-0.2, 0) is 13.1 Å². The zero-order valence-corrected chi connectivity index (χ0v) is 12.7. The molecule has 2 rings (SSSR count). The van der Waals surface area contributed by atoms with Gasteiger partial charge >= 0.3 is 0 Å². The van der Waals surface area contributed by atoms with Crippen LogP contribution in [0.15, 0.2) is 10.9 Å². The largest absolute Gasteiger partial charge is 0.503 e. The SMILES string of the molecule is CCCCn1c(C)cc(=O)c(O)c1CN1CCCCC1. The van der Waals surface area contributed by atoms with E-state index in [1.807, 2.05) is 6.92 Å². The van der Waals surface area contributed by atoms with Crippen LogP contribution in [0.25, 0.3) is 0 Å². The van der Waals surface area contributed by atoms with Gasteiger partial charge in [-0.3, -0.25) is 9.69 Å². The Kier molecular flexibility index (Phi) is 5.24. The molecule has 0 spiro atoms. The summed E-state index contributed by atoms with van der Waals surface area (Å²) in [5, 5.41) is 10.2. The molecule has 1 fully saturated rings. The van der Waals surface area contributed by atoms with Crippen LogP contribution in [0.5, 0.6) is 5.75 Å². The van der Waals surface area contributed by atoms with Crippen LogP contribution < -0.4 is 5.43 Å². The van der Waals surface area contributed by atoms with Crippen molar-refractivity contribution in [2.75, 3.05) is 13.1 Å². The van der Waals surface area contributed by atoms with Gasteiger partial charge in [0.15, 0.2) is 5.75 Å². The third-order valence-corrected chi connectivity index (χ3v) is 4.16. The van der Waals surface area contributed by atoms with Crippen LogP contribution in [-0.4, -0.2) is 27.7 Å². The summed E-state index contributed by atoms with van der Waals surface area (Å²) in [6.45, 7) is 7.80. The lowest BCUT2D eigenvalue weighted by Gasteiger charge is -2.28. The lowest BCUT2D eigenvalue weighted by atomic mass is 10.1. The summed E-state index contributed by atoms with van der Waals surface area (Å²) in [5.74, 6) is -0.0581. The van der Waals surface area contributed by atoms with Gasteiger partial charge in [-0.15, -0.1) is 0 Å². The summed E-state index contributed by atoms with van der Waals surface area (Å²) in [7, 11) is 0. The smallest absolute Gasteiger partial charge is 0.223 e. The molecule has 0 saturated carbocycles. The van der Waals surface area contributed by atoms with Crippen molar-refractivity contribution in [1.82, 2.24) is 9.47 Å². The molecule has 1 aliphatic heterocycles. The Bertz CT molecular complexity index is 502. The predicted molar refractivity (Wildman–Crippen MR) is 81.1 cm³/mol. The van der Waals surface area contributed by atoms with E-state index >= 15 is 0 Å². The van der Waals surface area contributed by atoms with Crippen LogP contribution in [0.3, 0.4) is 0 Å². The van der Waals surface area contributed by atoms with E-state index in [1.165, 1.54) is 19.3 Å². The second-order valence-electron chi connectivity index (χ2n) is 5.79. The molecular weight excluding hydrogens is 252 g/mol. The first-order valence-electron chi connectivity index (χ1n) is 7.78. The maximum absolute atomic E-state index is 11.8. The van der Waals surface area contributed by atoms with Crippen LogP contribution in [0.2, 0.25) is 0 Å². The summed E-state index contributed by atoms with van der Waals surface area (Å²) < 4.78 is 2.12. The minimum Gasteiger partial charge on any atom is -0.503 e. The van der Waals surface area contributed by atoms with Crippen LogP contribution >= 0.6 is 0 Å². The highest BCUT2D eigenvalue weighted by atomic mass is 16.3. The Morgan fingerprint density at radius 1 is 1.25 bits per heavy atom. The van der Waals surface area contributed by atoms with Crippen molar-refractivity contribution in [2.24, 2.45) is 0 Å². The van der Waals surface area contributed by atoms with E-state index in [-0.39, 0.29) is 11.2 Å². The molecule has 0 radical (unpaired) electrons. The average molecular weight is 278 g/mol. The van der Waals surface area contributed by atoms with Gasteiger partial charge in [-0.1, -0.05) is 19.8 Å². The summed E-state index contributed by atoms with van der Waals surface area (Å²) in [4.78, 5) is 14.2. The molecule has 1 aromatic rings. The number of hydrogen-bond acceptors (Lipinski definition) is 3. The van der Waals surface area contributed by atoms with Crippen LogP contribution in [0.1, 0.15) is 50.4 Å². The number of nitrogens with zero attached hydrogens (tertiary/aromatic N) is 2. The van der Waals surface area contributed by atoms with E-state index in [0.29, 0.717) is 6.54 Å². The second kappa shape index (κ2) is 6.93. The van der Waals surface area contributed by atoms with Crippen molar-refractivity contribution in [3.8, 4) is 5.75 Å². The molecule has 20 heavy (non-hydrogen) atoms. The molecular formula is C16H26N2O2. The third kappa shape index (κ3) is 3.42. The topological polar surface area (TPSA) is 45.5 Å². The molecule has 0 aromatic carbocycles. The third-order valence-electron chi connectivity index (χ3n) is 4.16. The molecule has 1 aliphatic rings. The summed E-state index contributed by atoms with van der Waals surface area (Å²) in [6, 6.07) is 1.55. The van der Waals surface area contributed by atoms with Gasteiger partial charge in [0.05, 0.1) is 5.69 Å². The number of aryl methyl sites for hydroxylation is 1. The maximum atomic E-state index is 11.8. The van der Waals surface area contributed by atoms with E-state index in [4.69, 9.17) is 0 Å². The fraction of sp³-hybridized carbons (Fsp3) is 0.688. The number of hydrogen-bond donors (Lipinski definition) is 1. The second-order valence-corrected chi connectivity index (χ2v) is 5.79. The lowest BCUT2D eigenvalue weighted by Crippen LogP contribution is -2.31. The van der Waals surface area contributed by atoms with Crippen molar-refractivity contribution in [3.63, 3.8) is 0 Å². The lowest BCUT2D eigenvalue weighted by molar-refractivity contribution is 0.211. The monoisotopic (exact) mass is 278 g/mol. The van der Waals surface area contributed by atoms with Gasteiger partial charge in [-0.25, -0.2) is 0 Å². The van der Waals surface area contributed by atoms with Gasteiger partial charge in [0.2, 0.25) is 5.43 Å². The van der Waals surface area contributed by atoms with Gasteiger partial charge in [-0.05, 0) is 39.3 Å². The zero-order chi connectivity index (χ0) is 14.5. The van der Waals surface area contributed by atoms with E-state index in [2.05, 4.69) is 16.4 Å². The van der Waals surface area contributed by atoms with Crippen molar-refractivity contribution >= 4 is 0 Å². The first-order valence-corrected chi connectivity index (χ1v) is 7.78. The number of unbranched alkanes of at least 4 members (excludes halogenated alkanes) is 1. The highest BCUT2D eigenvalue weighted by Crippen LogP contribution is 2.20. The van der Waals surface area contributed by atoms with Gasteiger partial charge in [0.25, 0.3) is 0 Å². The molecule has 4 nitrogen and oxygen atoms in total. The Morgan fingerprint density at radius 2 is 1.95 bits per heavy atom. The number of rotatable bonds is 5. The molecule has 0 atom stereocenters. The molecule has 4 heteroatoms. The van der Waals surface area contributed by atoms with Crippen molar-refractivity contribution in [1.29, 1.82) is 0 Å². The highest BCUT2D eigenvalue weighted by molar-refractivity contribution is 5.29. The average Bonchev–Trinajstić information content (AvgIpc) is 2.45. The summed E-state index contributed by atoms with van der Waals surface area (Å²) in [6.07, 6.45) is 5.89. The molecule has 0 amide bonds. The quantitative estimate of drug-likeness (QED) is 0.900. The molecule has 0 aliphatic carbocycles. The van der Waals surface area contributed by atoms with E-state index in [0.717, 1.165) is 43.9 Å². The Labute approximate surface area is 121 Å². The van der Waals surface area contributed by atoms with Gasteiger partial charge in [0.1, 0.15) is 0 Å². The molecule has 0 unspecified atom stereocenters. The van der Waals surface area contributed by atoms with Crippen LogP contribution in [0.4, 0.5) is 0 Å². The Morgan fingerprint density at radius 3 is 2.60 bits per heavy atom. The Hall–Kier alpha value is -1.29. The summed E-state index contributed by atoms with van der Waals surface area (Å²) >= 11 is 0. The van der Waals surface area contributed by atoms with Gasteiger partial charge in [0, 0.05) is 24.8 Å². The molecule has 0 bridgehead atoms. The molecule has 112 valence electrons. The first kappa shape index (κ1) is 15.1. The van der Waals surface area contributed by atoms with Crippen molar-refractivity contribution < 1.29 is 5.11 Å². The predicted octanol–water partition coefficient (Wildman–Crippen LogP) is 2.65. The number of piperidine rings is 1.